The van der Waals surface area contributed by atoms with Gasteiger partial charge in [0.15, 0.2) is 0 Å². The molecule has 1 saturated heterocycles. The zero-order valence-electron chi connectivity index (χ0n) is 11.8. The van der Waals surface area contributed by atoms with Crippen LogP contribution in [0.15, 0.2) is 0 Å². The molecule has 1 amide bonds. The zero-order valence-corrected chi connectivity index (χ0v) is 12.6. The van der Waals surface area contributed by atoms with Crippen LogP contribution in [-0.4, -0.2) is 37.7 Å². The van der Waals surface area contributed by atoms with E-state index in [1.54, 1.807) is 0 Å². The zero-order chi connectivity index (χ0) is 12.8. The van der Waals surface area contributed by atoms with Crippen LogP contribution in [-0.2, 0) is 9.53 Å². The van der Waals surface area contributed by atoms with Crippen molar-refractivity contribution in [1.82, 2.24) is 10.6 Å². The number of carbonyl (C=O) groups is 1. The Morgan fingerprint density at radius 2 is 2.00 bits per heavy atom. The van der Waals surface area contributed by atoms with Crippen LogP contribution in [0.5, 0.6) is 0 Å². The van der Waals surface area contributed by atoms with Gasteiger partial charge in [-0.15, -0.1) is 12.4 Å². The topological polar surface area (TPSA) is 50.4 Å². The predicted molar refractivity (Wildman–Crippen MR) is 78.7 cm³/mol. The van der Waals surface area contributed by atoms with Gasteiger partial charge in [0.1, 0.15) is 6.10 Å². The summed E-state index contributed by atoms with van der Waals surface area (Å²) in [5.41, 5.74) is 0. The first-order valence-corrected chi connectivity index (χ1v) is 7.43. The third kappa shape index (κ3) is 5.28. The fourth-order valence-electron chi connectivity index (χ4n) is 2.63. The van der Waals surface area contributed by atoms with E-state index in [-0.39, 0.29) is 24.4 Å². The highest BCUT2D eigenvalue weighted by Gasteiger charge is 2.24. The Morgan fingerprint density at radius 3 is 2.53 bits per heavy atom. The number of halogens is 1. The molecule has 19 heavy (non-hydrogen) atoms. The maximum Gasteiger partial charge on any atom is 0.249 e. The molecule has 1 saturated carbocycles. The lowest BCUT2D eigenvalue weighted by Gasteiger charge is -2.29. The molecular weight excluding hydrogens is 264 g/mol. The highest BCUT2D eigenvalue weighted by molar-refractivity contribution is 5.85. The Bertz CT molecular complexity index is 266. The molecule has 112 valence electrons. The van der Waals surface area contributed by atoms with E-state index in [1.807, 2.05) is 6.92 Å². The van der Waals surface area contributed by atoms with Crippen molar-refractivity contribution < 1.29 is 9.53 Å². The molecule has 5 heteroatoms. The molecule has 2 N–H and O–H groups in total. The van der Waals surface area contributed by atoms with Crippen molar-refractivity contribution in [2.75, 3.05) is 19.6 Å². The number of ether oxygens (including phenoxy) is 1. The number of hydrogen-bond donors (Lipinski definition) is 2. The first-order chi connectivity index (χ1) is 8.79. The first-order valence-electron chi connectivity index (χ1n) is 7.43. The van der Waals surface area contributed by atoms with Crippen molar-refractivity contribution in [2.24, 2.45) is 5.92 Å². The molecule has 1 unspecified atom stereocenters. The summed E-state index contributed by atoms with van der Waals surface area (Å²) in [6.45, 7) is 4.87. The molecule has 2 fully saturated rings. The molecule has 0 spiro atoms. The van der Waals surface area contributed by atoms with Crippen LogP contribution in [0.25, 0.3) is 0 Å². The molecule has 1 heterocycles. The van der Waals surface area contributed by atoms with Crippen LogP contribution in [0.2, 0.25) is 0 Å². The summed E-state index contributed by atoms with van der Waals surface area (Å²) in [5.74, 6) is 0.691. The molecule has 0 aromatic carbocycles. The Kier molecular flexibility index (Phi) is 7.73. The second-order valence-corrected chi connectivity index (χ2v) is 5.56. The van der Waals surface area contributed by atoms with Crippen LogP contribution in [0.4, 0.5) is 0 Å². The number of hydrogen-bond acceptors (Lipinski definition) is 3. The SMILES string of the molecule is CCC(OC1CCCCC1)C(=O)NCC1CNC1.Cl. The summed E-state index contributed by atoms with van der Waals surface area (Å²) >= 11 is 0. The molecule has 0 bridgehead atoms. The average molecular weight is 291 g/mol. The largest absolute Gasteiger partial charge is 0.365 e. The van der Waals surface area contributed by atoms with Crippen molar-refractivity contribution in [3.63, 3.8) is 0 Å². The van der Waals surface area contributed by atoms with Gasteiger partial charge in [0, 0.05) is 25.6 Å². The van der Waals surface area contributed by atoms with Crippen molar-refractivity contribution in [3.05, 3.63) is 0 Å². The van der Waals surface area contributed by atoms with Gasteiger partial charge >= 0.3 is 0 Å². The van der Waals surface area contributed by atoms with Gasteiger partial charge in [-0.1, -0.05) is 26.2 Å². The van der Waals surface area contributed by atoms with Crippen LogP contribution in [0, 0.1) is 5.92 Å². The van der Waals surface area contributed by atoms with E-state index in [2.05, 4.69) is 10.6 Å². The second-order valence-electron chi connectivity index (χ2n) is 5.56. The number of amides is 1. The minimum Gasteiger partial charge on any atom is -0.365 e. The fraction of sp³-hybridized carbons (Fsp3) is 0.929. The first kappa shape index (κ1) is 16.7. The van der Waals surface area contributed by atoms with Gasteiger partial charge < -0.3 is 15.4 Å². The molecule has 1 aliphatic heterocycles. The molecule has 1 atom stereocenters. The highest BCUT2D eigenvalue weighted by atomic mass is 35.5. The second kappa shape index (κ2) is 8.77. The van der Waals surface area contributed by atoms with E-state index in [0.717, 1.165) is 38.9 Å². The third-order valence-corrected chi connectivity index (χ3v) is 4.00. The van der Waals surface area contributed by atoms with Crippen molar-refractivity contribution >= 4 is 18.3 Å². The molecule has 2 aliphatic rings. The van der Waals surface area contributed by atoms with E-state index in [9.17, 15) is 4.79 Å². The van der Waals surface area contributed by atoms with Crippen LogP contribution < -0.4 is 10.6 Å². The molecule has 0 radical (unpaired) electrons. The molecule has 4 nitrogen and oxygen atoms in total. The van der Waals surface area contributed by atoms with Crippen molar-refractivity contribution in [1.29, 1.82) is 0 Å². The van der Waals surface area contributed by atoms with Gasteiger partial charge in [-0.2, -0.15) is 0 Å². The Balaban J connectivity index is 0.00000180. The number of rotatable bonds is 6. The molecular formula is C14H27ClN2O2. The number of carbonyl (C=O) groups excluding carboxylic acids is 1. The van der Waals surface area contributed by atoms with Gasteiger partial charge in [-0.3, -0.25) is 4.79 Å². The number of nitrogens with one attached hydrogen (secondary N) is 2. The lowest BCUT2D eigenvalue weighted by molar-refractivity contribution is -0.138. The van der Waals surface area contributed by atoms with E-state index >= 15 is 0 Å². The van der Waals surface area contributed by atoms with Crippen molar-refractivity contribution in [2.45, 2.75) is 57.7 Å². The van der Waals surface area contributed by atoms with Crippen molar-refractivity contribution in [3.8, 4) is 0 Å². The monoisotopic (exact) mass is 290 g/mol. The third-order valence-electron chi connectivity index (χ3n) is 4.00. The normalized spacial score (nSPS) is 22.2. The van der Waals surface area contributed by atoms with E-state index in [1.165, 1.54) is 19.3 Å². The Labute approximate surface area is 122 Å². The molecule has 1 aliphatic carbocycles. The van der Waals surface area contributed by atoms with Crippen LogP contribution >= 0.6 is 12.4 Å². The summed E-state index contributed by atoms with van der Waals surface area (Å²) in [6, 6.07) is 0. The summed E-state index contributed by atoms with van der Waals surface area (Å²) in [6.07, 6.45) is 6.88. The van der Waals surface area contributed by atoms with E-state index in [0.29, 0.717) is 12.0 Å². The quantitative estimate of drug-likeness (QED) is 0.785. The molecule has 2 rings (SSSR count). The lowest BCUT2D eigenvalue weighted by Crippen LogP contribution is -2.50. The van der Waals surface area contributed by atoms with Gasteiger partial charge in [0.05, 0.1) is 6.10 Å². The fourth-order valence-corrected chi connectivity index (χ4v) is 2.63. The molecule has 0 aromatic heterocycles. The highest BCUT2D eigenvalue weighted by Crippen LogP contribution is 2.22. The Morgan fingerprint density at radius 1 is 1.32 bits per heavy atom. The van der Waals surface area contributed by atoms with Crippen LogP contribution in [0.1, 0.15) is 45.4 Å². The predicted octanol–water partition coefficient (Wildman–Crippen LogP) is 1.87. The maximum atomic E-state index is 12.0. The molecule has 0 aromatic rings. The standard InChI is InChI=1S/C14H26N2O2.ClH/c1-2-13(18-12-6-4-3-5-7-12)14(17)16-10-11-8-15-9-11;/h11-13,15H,2-10H2,1H3,(H,16,17);1H. The Hall–Kier alpha value is -0.320. The lowest BCUT2D eigenvalue weighted by atomic mass is 9.97. The summed E-state index contributed by atoms with van der Waals surface area (Å²) in [4.78, 5) is 12.0. The van der Waals surface area contributed by atoms with Crippen LogP contribution in [0.3, 0.4) is 0 Å². The smallest absolute Gasteiger partial charge is 0.249 e. The van der Waals surface area contributed by atoms with E-state index in [4.69, 9.17) is 4.74 Å². The van der Waals surface area contributed by atoms with Gasteiger partial charge in [-0.05, 0) is 19.3 Å². The minimum absolute atomic E-state index is 0. The summed E-state index contributed by atoms with van der Waals surface area (Å²) in [7, 11) is 0. The van der Waals surface area contributed by atoms with Gasteiger partial charge in [0.25, 0.3) is 0 Å². The summed E-state index contributed by atoms with van der Waals surface area (Å²) in [5, 5.41) is 6.23. The van der Waals surface area contributed by atoms with Gasteiger partial charge in [0.2, 0.25) is 5.91 Å². The van der Waals surface area contributed by atoms with E-state index < -0.39 is 0 Å². The minimum atomic E-state index is -0.249. The maximum absolute atomic E-state index is 12.0. The average Bonchev–Trinajstić information content (AvgIpc) is 2.35. The van der Waals surface area contributed by atoms with Gasteiger partial charge in [-0.25, -0.2) is 0 Å². The summed E-state index contributed by atoms with van der Waals surface area (Å²) < 4.78 is 5.96.